The van der Waals surface area contributed by atoms with Crippen LogP contribution in [0.4, 0.5) is 0 Å². The molecule has 0 saturated heterocycles. The van der Waals surface area contributed by atoms with E-state index in [-0.39, 0.29) is 6.10 Å². The molecule has 0 heterocycles. The third-order valence-electron chi connectivity index (χ3n) is 1.69. The normalized spacial score (nSPS) is 13.2. The van der Waals surface area contributed by atoms with Crippen LogP contribution in [0.1, 0.15) is 26.2 Å². The van der Waals surface area contributed by atoms with Crippen LogP contribution in [0.5, 0.6) is 0 Å². The molecule has 0 aromatic rings. The maximum atomic E-state index is 9.28. The second kappa shape index (κ2) is 6.92. The highest BCUT2D eigenvalue weighted by Crippen LogP contribution is 2.09. The van der Waals surface area contributed by atoms with Gasteiger partial charge in [0.05, 0.1) is 6.10 Å². The molecule has 0 rings (SSSR count). The van der Waals surface area contributed by atoms with Gasteiger partial charge in [0.2, 0.25) is 0 Å². The number of rotatable bonds is 6. The largest absolute Gasteiger partial charge is 0.394 e. The van der Waals surface area contributed by atoms with E-state index in [0.29, 0.717) is 6.42 Å². The van der Waals surface area contributed by atoms with Gasteiger partial charge < -0.3 is 10.4 Å². The summed E-state index contributed by atoms with van der Waals surface area (Å²) in [5.41, 5.74) is 1.08. The molecule has 12 heavy (non-hydrogen) atoms. The van der Waals surface area contributed by atoms with E-state index in [0.717, 1.165) is 18.4 Å². The third-order valence-corrected chi connectivity index (χ3v) is 1.69. The number of hydrogen-bond acceptors (Lipinski definition) is 2. The summed E-state index contributed by atoms with van der Waals surface area (Å²) < 4.78 is 0. The van der Waals surface area contributed by atoms with Gasteiger partial charge in [0.25, 0.3) is 0 Å². The molecule has 0 fully saturated rings. The Morgan fingerprint density at radius 2 is 2.33 bits per heavy atom. The summed E-state index contributed by atoms with van der Waals surface area (Å²) >= 11 is 0. The monoisotopic (exact) mass is 169 g/mol. The van der Waals surface area contributed by atoms with E-state index in [2.05, 4.69) is 11.9 Å². The van der Waals surface area contributed by atoms with Gasteiger partial charge in [-0.1, -0.05) is 25.2 Å². The van der Waals surface area contributed by atoms with E-state index >= 15 is 0 Å². The van der Waals surface area contributed by atoms with Crippen LogP contribution in [0.25, 0.3) is 0 Å². The van der Waals surface area contributed by atoms with Gasteiger partial charge in [0.1, 0.15) is 0 Å². The van der Waals surface area contributed by atoms with E-state index < -0.39 is 0 Å². The Balaban J connectivity index is 3.52. The molecule has 70 valence electrons. The number of aliphatic hydroxyl groups is 1. The minimum Gasteiger partial charge on any atom is -0.394 e. The average Bonchev–Trinajstić information content (AvgIpc) is 2.05. The van der Waals surface area contributed by atoms with Crippen molar-refractivity contribution in [1.29, 1.82) is 0 Å². The smallest absolute Gasteiger partial charge is 0.0574 e. The lowest BCUT2D eigenvalue weighted by molar-refractivity contribution is 0.170. The number of allylic oxidation sites excluding steroid dienone is 1. The summed E-state index contributed by atoms with van der Waals surface area (Å²) in [5.74, 6) is 0. The van der Waals surface area contributed by atoms with Crippen LogP contribution in [-0.4, -0.2) is 18.3 Å². The van der Waals surface area contributed by atoms with E-state index in [1.165, 1.54) is 0 Å². The maximum absolute atomic E-state index is 9.28. The molecule has 0 aliphatic carbocycles. The Morgan fingerprint density at radius 3 is 2.83 bits per heavy atom. The summed E-state index contributed by atoms with van der Waals surface area (Å²) in [6, 6.07) is 0. The van der Waals surface area contributed by atoms with Crippen molar-refractivity contribution in [3.05, 3.63) is 24.4 Å². The summed E-state index contributed by atoms with van der Waals surface area (Å²) in [6.07, 6.45) is 6.02. The predicted octanol–water partition coefficient (Wildman–Crippen LogP) is 1.83. The van der Waals surface area contributed by atoms with Crippen molar-refractivity contribution in [3.63, 3.8) is 0 Å². The van der Waals surface area contributed by atoms with Crippen LogP contribution in [-0.2, 0) is 0 Å². The van der Waals surface area contributed by atoms with Crippen LogP contribution in [0.15, 0.2) is 24.4 Å². The fourth-order valence-corrected chi connectivity index (χ4v) is 0.904. The first-order valence-corrected chi connectivity index (χ1v) is 4.37. The van der Waals surface area contributed by atoms with Crippen LogP contribution in [0, 0.1) is 0 Å². The maximum Gasteiger partial charge on any atom is 0.0574 e. The zero-order valence-electron chi connectivity index (χ0n) is 8.01. The Hall–Kier alpha value is -0.760. The SMILES string of the molecule is C=C(C/C=C/NC)CC(O)CC. The van der Waals surface area contributed by atoms with Gasteiger partial charge in [-0.25, -0.2) is 0 Å². The van der Waals surface area contributed by atoms with Gasteiger partial charge in [-0.15, -0.1) is 0 Å². The Morgan fingerprint density at radius 1 is 1.67 bits per heavy atom. The topological polar surface area (TPSA) is 32.3 Å². The molecule has 2 nitrogen and oxygen atoms in total. The Bertz CT molecular complexity index is 152. The van der Waals surface area contributed by atoms with Crippen molar-refractivity contribution in [2.45, 2.75) is 32.3 Å². The van der Waals surface area contributed by atoms with Gasteiger partial charge in [-0.3, -0.25) is 0 Å². The molecular formula is C10H19NO. The molecule has 0 radical (unpaired) electrons. The molecule has 0 spiro atoms. The van der Waals surface area contributed by atoms with Gasteiger partial charge in [-0.2, -0.15) is 0 Å². The highest BCUT2D eigenvalue weighted by Gasteiger charge is 2.01. The molecule has 0 aromatic carbocycles. The van der Waals surface area contributed by atoms with E-state index in [1.54, 1.807) is 0 Å². The van der Waals surface area contributed by atoms with E-state index in [4.69, 9.17) is 0 Å². The molecule has 0 aliphatic rings. The first kappa shape index (κ1) is 11.2. The third kappa shape index (κ3) is 5.98. The first-order chi connectivity index (χ1) is 5.70. The van der Waals surface area contributed by atoms with E-state index in [1.807, 2.05) is 26.2 Å². The van der Waals surface area contributed by atoms with Crippen molar-refractivity contribution >= 4 is 0 Å². The number of nitrogens with one attached hydrogen (secondary N) is 1. The average molecular weight is 169 g/mol. The highest BCUT2D eigenvalue weighted by molar-refractivity contribution is 5.02. The summed E-state index contributed by atoms with van der Waals surface area (Å²) in [6.45, 7) is 5.85. The first-order valence-electron chi connectivity index (χ1n) is 4.37. The summed E-state index contributed by atoms with van der Waals surface area (Å²) in [5, 5.41) is 12.2. The van der Waals surface area contributed by atoms with Gasteiger partial charge in [-0.05, 0) is 25.5 Å². The van der Waals surface area contributed by atoms with Crippen LogP contribution in [0.3, 0.4) is 0 Å². The van der Waals surface area contributed by atoms with Crippen LogP contribution in [0.2, 0.25) is 0 Å². The second-order valence-corrected chi connectivity index (χ2v) is 2.91. The van der Waals surface area contributed by atoms with Gasteiger partial charge >= 0.3 is 0 Å². The van der Waals surface area contributed by atoms with Crippen LogP contribution >= 0.6 is 0 Å². The molecule has 1 atom stereocenters. The minimum absolute atomic E-state index is 0.222. The van der Waals surface area contributed by atoms with E-state index in [9.17, 15) is 5.11 Å². The lowest BCUT2D eigenvalue weighted by Gasteiger charge is -2.07. The Kier molecular flexibility index (Phi) is 6.48. The molecule has 0 saturated carbocycles. The highest BCUT2D eigenvalue weighted by atomic mass is 16.3. The molecule has 0 aliphatic heterocycles. The van der Waals surface area contributed by atoms with Crippen molar-refractivity contribution in [2.75, 3.05) is 7.05 Å². The predicted molar refractivity (Wildman–Crippen MR) is 52.9 cm³/mol. The van der Waals surface area contributed by atoms with Crippen molar-refractivity contribution in [3.8, 4) is 0 Å². The number of hydrogen-bond donors (Lipinski definition) is 2. The van der Waals surface area contributed by atoms with Crippen LogP contribution < -0.4 is 5.32 Å². The summed E-state index contributed by atoms with van der Waals surface area (Å²) in [7, 11) is 1.86. The van der Waals surface area contributed by atoms with Gasteiger partial charge in [0.15, 0.2) is 0 Å². The number of aliphatic hydroxyl groups excluding tert-OH is 1. The molecular weight excluding hydrogens is 150 g/mol. The molecule has 0 bridgehead atoms. The van der Waals surface area contributed by atoms with Gasteiger partial charge in [0, 0.05) is 7.05 Å². The quantitative estimate of drug-likeness (QED) is 0.594. The zero-order valence-corrected chi connectivity index (χ0v) is 8.01. The fraction of sp³-hybridized carbons (Fsp3) is 0.600. The fourth-order valence-electron chi connectivity index (χ4n) is 0.904. The molecule has 2 N–H and O–H groups in total. The molecule has 2 heteroatoms. The standard InChI is InChI=1S/C10H19NO/c1-4-10(12)8-9(2)6-5-7-11-3/h5,7,10-12H,2,4,6,8H2,1,3H3/b7-5+. The molecule has 0 aromatic heterocycles. The second-order valence-electron chi connectivity index (χ2n) is 2.91. The lowest BCUT2D eigenvalue weighted by Crippen LogP contribution is -2.04. The van der Waals surface area contributed by atoms with Crippen molar-refractivity contribution in [2.24, 2.45) is 0 Å². The van der Waals surface area contributed by atoms with Crippen molar-refractivity contribution < 1.29 is 5.11 Å². The molecule has 0 amide bonds. The summed E-state index contributed by atoms with van der Waals surface area (Å²) in [4.78, 5) is 0. The Labute approximate surface area is 75.0 Å². The lowest BCUT2D eigenvalue weighted by atomic mass is 10.1. The van der Waals surface area contributed by atoms with Crippen molar-refractivity contribution in [1.82, 2.24) is 5.32 Å². The zero-order chi connectivity index (χ0) is 9.40. The molecule has 1 unspecified atom stereocenters. The minimum atomic E-state index is -0.222.